The first-order valence-corrected chi connectivity index (χ1v) is 10.3. The minimum absolute atomic E-state index is 0.00151. The van der Waals surface area contributed by atoms with E-state index in [2.05, 4.69) is 24.4 Å². The molecule has 1 aliphatic carbocycles. The fraction of sp³-hybridized carbons (Fsp3) is 0.476. The second-order valence-electron chi connectivity index (χ2n) is 7.08. The van der Waals surface area contributed by atoms with E-state index in [9.17, 15) is 4.79 Å². The number of benzene rings is 1. The Labute approximate surface area is 158 Å². The van der Waals surface area contributed by atoms with Crippen molar-refractivity contribution in [3.63, 3.8) is 0 Å². The zero-order chi connectivity index (χ0) is 18.1. The third-order valence-corrected chi connectivity index (χ3v) is 6.27. The zero-order valence-electron chi connectivity index (χ0n) is 15.4. The van der Waals surface area contributed by atoms with Crippen molar-refractivity contribution >= 4 is 17.2 Å². The van der Waals surface area contributed by atoms with Gasteiger partial charge in [-0.3, -0.25) is 4.79 Å². The summed E-state index contributed by atoms with van der Waals surface area (Å²) < 4.78 is 11.7. The molecule has 0 fully saturated rings. The molecule has 1 aliphatic heterocycles. The number of rotatable bonds is 5. The molecule has 1 aromatic heterocycles. The molecule has 0 saturated heterocycles. The number of ether oxygens (including phenoxy) is 2. The molecule has 0 saturated carbocycles. The number of hydrogen-bond donors (Lipinski definition) is 1. The number of carbonyl (C=O) groups excluding carboxylic acids is 1. The Morgan fingerprint density at radius 1 is 1.27 bits per heavy atom. The van der Waals surface area contributed by atoms with Gasteiger partial charge in [-0.05, 0) is 63.3 Å². The van der Waals surface area contributed by atoms with Crippen molar-refractivity contribution in [3.8, 4) is 11.5 Å². The second-order valence-corrected chi connectivity index (χ2v) is 8.22. The summed E-state index contributed by atoms with van der Waals surface area (Å²) in [4.78, 5) is 14.8. The van der Waals surface area contributed by atoms with Gasteiger partial charge in [-0.15, -0.1) is 11.3 Å². The van der Waals surface area contributed by atoms with Crippen LogP contribution >= 0.6 is 11.3 Å². The molecule has 4 rings (SSSR count). The third-order valence-electron chi connectivity index (χ3n) is 5.04. The van der Waals surface area contributed by atoms with Gasteiger partial charge < -0.3 is 14.8 Å². The van der Waals surface area contributed by atoms with Gasteiger partial charge in [0.05, 0.1) is 11.5 Å². The molecule has 26 heavy (non-hydrogen) atoms. The zero-order valence-corrected chi connectivity index (χ0v) is 16.2. The Bertz CT molecular complexity index is 803. The van der Waals surface area contributed by atoms with Crippen molar-refractivity contribution in [2.75, 3.05) is 6.61 Å². The van der Waals surface area contributed by atoms with Crippen LogP contribution < -0.4 is 14.8 Å². The number of nitrogens with one attached hydrogen (secondary N) is 1. The highest BCUT2D eigenvalue weighted by molar-refractivity contribution is 7.14. The lowest BCUT2D eigenvalue weighted by Crippen LogP contribution is -2.22. The van der Waals surface area contributed by atoms with Crippen LogP contribution in [0.4, 0.5) is 0 Å². The Balaban J connectivity index is 1.49. The molecule has 1 amide bonds. The Morgan fingerprint density at radius 3 is 2.92 bits per heavy atom. The molecule has 5 heteroatoms. The van der Waals surface area contributed by atoms with Crippen LogP contribution in [0.2, 0.25) is 0 Å². The molecule has 138 valence electrons. The molecular formula is C21H25NO3S. The normalized spacial score (nSPS) is 18.0. The van der Waals surface area contributed by atoms with Crippen molar-refractivity contribution in [2.45, 2.75) is 58.6 Å². The fourth-order valence-corrected chi connectivity index (χ4v) is 4.94. The standard InChI is InChI=1S/C21H25NO3S/c1-3-24-17-9-15-8-13(2)25-18(15)10-16(17)12-22-21(23)20-11-14-6-4-5-7-19(14)26-20/h9-11,13H,3-8,12H2,1-2H3,(H,22,23)/t13-/m0/s1. The lowest BCUT2D eigenvalue weighted by molar-refractivity contribution is 0.0954. The van der Waals surface area contributed by atoms with Gasteiger partial charge in [-0.2, -0.15) is 0 Å². The van der Waals surface area contributed by atoms with Gasteiger partial charge in [0.25, 0.3) is 5.91 Å². The van der Waals surface area contributed by atoms with Crippen molar-refractivity contribution in [1.29, 1.82) is 0 Å². The largest absolute Gasteiger partial charge is 0.494 e. The summed E-state index contributed by atoms with van der Waals surface area (Å²) in [5.41, 5.74) is 3.51. The first-order chi connectivity index (χ1) is 12.6. The van der Waals surface area contributed by atoms with Gasteiger partial charge in [0.15, 0.2) is 0 Å². The minimum atomic E-state index is 0.00151. The summed E-state index contributed by atoms with van der Waals surface area (Å²) in [6.07, 6.45) is 5.79. The summed E-state index contributed by atoms with van der Waals surface area (Å²) in [5, 5.41) is 3.06. The maximum atomic E-state index is 12.6. The van der Waals surface area contributed by atoms with Crippen LogP contribution in [0.25, 0.3) is 0 Å². The molecule has 1 N–H and O–H groups in total. The van der Waals surface area contributed by atoms with E-state index in [1.54, 1.807) is 11.3 Å². The monoisotopic (exact) mass is 371 g/mol. The van der Waals surface area contributed by atoms with Crippen molar-refractivity contribution < 1.29 is 14.3 Å². The maximum Gasteiger partial charge on any atom is 0.261 e. The van der Waals surface area contributed by atoms with Crippen molar-refractivity contribution in [2.24, 2.45) is 0 Å². The first kappa shape index (κ1) is 17.4. The number of carbonyl (C=O) groups is 1. The van der Waals surface area contributed by atoms with E-state index >= 15 is 0 Å². The lowest BCUT2D eigenvalue weighted by atomic mass is 9.99. The van der Waals surface area contributed by atoms with Gasteiger partial charge in [0.2, 0.25) is 0 Å². The number of hydrogen-bond acceptors (Lipinski definition) is 4. The van der Waals surface area contributed by atoms with Gasteiger partial charge in [0, 0.05) is 29.0 Å². The average Bonchev–Trinajstić information content (AvgIpc) is 3.21. The quantitative estimate of drug-likeness (QED) is 0.853. The van der Waals surface area contributed by atoms with E-state index in [0.717, 1.165) is 41.2 Å². The predicted molar refractivity (Wildman–Crippen MR) is 104 cm³/mol. The molecule has 2 aromatic rings. The third kappa shape index (κ3) is 3.45. The predicted octanol–water partition coefficient (Wildman–Crippen LogP) is 4.28. The van der Waals surface area contributed by atoms with E-state index in [1.807, 2.05) is 13.0 Å². The summed E-state index contributed by atoms with van der Waals surface area (Å²) >= 11 is 1.65. The van der Waals surface area contributed by atoms with Crippen molar-refractivity contribution in [1.82, 2.24) is 5.32 Å². The second kappa shape index (κ2) is 7.31. The maximum absolute atomic E-state index is 12.6. The molecule has 0 unspecified atom stereocenters. The Morgan fingerprint density at radius 2 is 2.12 bits per heavy atom. The van der Waals surface area contributed by atoms with Crippen LogP contribution in [0, 0.1) is 0 Å². The van der Waals surface area contributed by atoms with Crippen LogP contribution in [-0.2, 0) is 25.8 Å². The lowest BCUT2D eigenvalue weighted by Gasteiger charge is -2.13. The van der Waals surface area contributed by atoms with Gasteiger partial charge in [-0.1, -0.05) is 0 Å². The highest BCUT2D eigenvalue weighted by Crippen LogP contribution is 2.35. The van der Waals surface area contributed by atoms with E-state index in [4.69, 9.17) is 9.47 Å². The summed E-state index contributed by atoms with van der Waals surface area (Å²) in [7, 11) is 0. The molecule has 2 heterocycles. The minimum Gasteiger partial charge on any atom is -0.494 e. The van der Waals surface area contributed by atoms with Crippen LogP contribution in [-0.4, -0.2) is 18.6 Å². The van der Waals surface area contributed by atoms with Crippen LogP contribution in [0.15, 0.2) is 18.2 Å². The summed E-state index contributed by atoms with van der Waals surface area (Å²) in [5.74, 6) is 1.76. The first-order valence-electron chi connectivity index (χ1n) is 9.49. The molecule has 1 aromatic carbocycles. The van der Waals surface area contributed by atoms with Gasteiger partial charge in [-0.25, -0.2) is 0 Å². The smallest absolute Gasteiger partial charge is 0.261 e. The molecular weight excluding hydrogens is 346 g/mol. The van der Waals surface area contributed by atoms with E-state index < -0.39 is 0 Å². The average molecular weight is 372 g/mol. The highest BCUT2D eigenvalue weighted by Gasteiger charge is 2.22. The van der Waals surface area contributed by atoms with Crippen LogP contribution in [0.5, 0.6) is 11.5 Å². The Kier molecular flexibility index (Phi) is 4.90. The topological polar surface area (TPSA) is 47.6 Å². The summed E-state index contributed by atoms with van der Waals surface area (Å²) in [6, 6.07) is 6.16. The molecule has 0 bridgehead atoms. The van der Waals surface area contributed by atoms with Gasteiger partial charge in [0.1, 0.15) is 17.6 Å². The number of thiophene rings is 1. The number of amides is 1. The number of aryl methyl sites for hydroxylation is 2. The molecule has 2 aliphatic rings. The summed E-state index contributed by atoms with van der Waals surface area (Å²) in [6.45, 7) is 5.10. The van der Waals surface area contributed by atoms with Crippen molar-refractivity contribution in [3.05, 3.63) is 44.6 Å². The molecule has 4 nitrogen and oxygen atoms in total. The van der Waals surface area contributed by atoms with Gasteiger partial charge >= 0.3 is 0 Å². The van der Waals surface area contributed by atoms with E-state index in [-0.39, 0.29) is 12.0 Å². The number of fused-ring (bicyclic) bond motifs is 2. The van der Waals surface area contributed by atoms with Crippen LogP contribution in [0.3, 0.4) is 0 Å². The SMILES string of the molecule is CCOc1cc2c(cc1CNC(=O)c1cc3c(s1)CCCC3)O[C@@H](C)C2. The molecule has 0 radical (unpaired) electrons. The fourth-order valence-electron chi connectivity index (χ4n) is 3.77. The molecule has 0 spiro atoms. The van der Waals surface area contributed by atoms with Crippen LogP contribution in [0.1, 0.15) is 57.9 Å². The highest BCUT2D eigenvalue weighted by atomic mass is 32.1. The van der Waals surface area contributed by atoms with E-state index in [0.29, 0.717) is 13.2 Å². The Hall–Kier alpha value is -2.01. The van der Waals surface area contributed by atoms with E-state index in [1.165, 1.54) is 28.8 Å². The molecule has 1 atom stereocenters.